The van der Waals surface area contributed by atoms with Crippen LogP contribution < -0.4 is 0 Å². The van der Waals surface area contributed by atoms with Crippen LogP contribution in [0.15, 0.2) is 35.9 Å². The van der Waals surface area contributed by atoms with E-state index < -0.39 is 10.7 Å². The lowest BCUT2D eigenvalue weighted by molar-refractivity contribution is -0.424. The minimum Gasteiger partial charge on any atom is -0.500 e. The number of hydrogen-bond acceptors (Lipinski definition) is 4. The summed E-state index contributed by atoms with van der Waals surface area (Å²) in [4.78, 5) is 10.1. The highest BCUT2D eigenvalue weighted by Gasteiger charge is 2.23. The van der Waals surface area contributed by atoms with Gasteiger partial charge in [0.15, 0.2) is 5.76 Å². The van der Waals surface area contributed by atoms with Crippen molar-refractivity contribution in [3.8, 4) is 0 Å². The van der Waals surface area contributed by atoms with E-state index in [1.165, 1.54) is 19.1 Å². The lowest BCUT2D eigenvalue weighted by Crippen LogP contribution is -2.19. The van der Waals surface area contributed by atoms with Crippen LogP contribution in [0.1, 0.15) is 54.4 Å². The van der Waals surface area contributed by atoms with Crippen LogP contribution in [0.5, 0.6) is 0 Å². The second kappa shape index (κ2) is 10.9. The molecule has 0 saturated carbocycles. The van der Waals surface area contributed by atoms with E-state index in [4.69, 9.17) is 4.74 Å². The molecule has 0 radical (unpaired) electrons. The summed E-state index contributed by atoms with van der Waals surface area (Å²) in [6.07, 6.45) is 4.48. The highest BCUT2D eigenvalue weighted by molar-refractivity contribution is 5.26. The van der Waals surface area contributed by atoms with Gasteiger partial charge in [0, 0.05) is 0 Å². The standard InChI is InChI=1S/C14H23NO4.C2H6/c1-6-9-14(4,5)10-19-12(8-3)13(16)11(7-2)15(17)18;1-2/h7-8,16H,3,6,9-10H2,1-2,4-5H3;1-2H3/b11-7+,13-12-;. The van der Waals surface area contributed by atoms with E-state index in [0.29, 0.717) is 6.61 Å². The molecule has 122 valence electrons. The average molecular weight is 299 g/mol. The molecule has 0 aromatic heterocycles. The molecular weight excluding hydrogens is 270 g/mol. The summed E-state index contributed by atoms with van der Waals surface area (Å²) >= 11 is 0. The third-order valence-electron chi connectivity index (χ3n) is 2.68. The number of aliphatic hydroxyl groups excluding tert-OH is 1. The number of nitrogens with zero attached hydrogens (tertiary/aromatic N) is 1. The van der Waals surface area contributed by atoms with Crippen molar-refractivity contribution in [2.75, 3.05) is 6.61 Å². The zero-order valence-corrected chi connectivity index (χ0v) is 14.1. The number of hydrogen-bond donors (Lipinski definition) is 1. The first kappa shape index (κ1) is 21.5. The minimum atomic E-state index is -0.653. The Labute approximate surface area is 128 Å². The molecule has 0 atom stereocenters. The molecule has 0 heterocycles. The van der Waals surface area contributed by atoms with Crippen molar-refractivity contribution in [3.05, 3.63) is 46.1 Å². The number of nitro groups is 1. The summed E-state index contributed by atoms with van der Waals surface area (Å²) in [5, 5.41) is 20.6. The summed E-state index contributed by atoms with van der Waals surface area (Å²) in [6.45, 7) is 15.5. The summed E-state index contributed by atoms with van der Waals surface area (Å²) in [5.74, 6) is -0.455. The Hall–Kier alpha value is -1.78. The third-order valence-corrected chi connectivity index (χ3v) is 2.68. The van der Waals surface area contributed by atoms with Gasteiger partial charge in [0.2, 0.25) is 5.76 Å². The van der Waals surface area contributed by atoms with Gasteiger partial charge in [-0.2, -0.15) is 0 Å². The smallest absolute Gasteiger partial charge is 0.310 e. The Morgan fingerprint density at radius 2 is 1.95 bits per heavy atom. The second-order valence-corrected chi connectivity index (χ2v) is 5.05. The maximum absolute atomic E-state index is 10.7. The first-order valence-corrected chi connectivity index (χ1v) is 7.28. The van der Waals surface area contributed by atoms with Gasteiger partial charge in [-0.1, -0.05) is 47.6 Å². The molecule has 0 unspecified atom stereocenters. The zero-order valence-electron chi connectivity index (χ0n) is 14.1. The molecule has 0 aliphatic carbocycles. The van der Waals surface area contributed by atoms with Gasteiger partial charge in [-0.05, 0) is 30.9 Å². The molecule has 0 saturated heterocycles. The van der Waals surface area contributed by atoms with Crippen LogP contribution >= 0.6 is 0 Å². The van der Waals surface area contributed by atoms with Crippen LogP contribution in [-0.2, 0) is 4.74 Å². The van der Waals surface area contributed by atoms with E-state index in [0.717, 1.165) is 12.8 Å². The summed E-state index contributed by atoms with van der Waals surface area (Å²) in [5.41, 5.74) is -0.447. The Bertz CT molecular complexity index is 395. The molecule has 0 amide bonds. The molecule has 0 bridgehead atoms. The van der Waals surface area contributed by atoms with E-state index in [1.54, 1.807) is 0 Å². The van der Waals surface area contributed by atoms with Crippen molar-refractivity contribution in [2.45, 2.75) is 54.4 Å². The van der Waals surface area contributed by atoms with Gasteiger partial charge in [-0.3, -0.25) is 10.1 Å². The molecule has 0 aromatic rings. The van der Waals surface area contributed by atoms with Crippen molar-refractivity contribution < 1.29 is 14.8 Å². The molecule has 5 heteroatoms. The predicted molar refractivity (Wildman–Crippen MR) is 86.6 cm³/mol. The van der Waals surface area contributed by atoms with Gasteiger partial charge < -0.3 is 9.84 Å². The molecule has 5 nitrogen and oxygen atoms in total. The molecular formula is C16H29NO4. The Morgan fingerprint density at radius 1 is 1.43 bits per heavy atom. The molecule has 0 rings (SSSR count). The van der Waals surface area contributed by atoms with E-state index in [-0.39, 0.29) is 16.9 Å². The van der Waals surface area contributed by atoms with Crippen molar-refractivity contribution in [1.29, 1.82) is 0 Å². The molecule has 0 spiro atoms. The second-order valence-electron chi connectivity index (χ2n) is 5.05. The first-order chi connectivity index (χ1) is 9.79. The zero-order chi connectivity index (χ0) is 17.1. The normalized spacial score (nSPS) is 12.8. The Balaban J connectivity index is 0. The lowest BCUT2D eigenvalue weighted by atomic mass is 9.89. The Morgan fingerprint density at radius 3 is 2.29 bits per heavy atom. The van der Waals surface area contributed by atoms with Crippen LogP contribution in [0.3, 0.4) is 0 Å². The number of aliphatic hydroxyl groups is 1. The summed E-state index contributed by atoms with van der Waals surface area (Å²) in [6, 6.07) is 0. The highest BCUT2D eigenvalue weighted by atomic mass is 16.6. The first-order valence-electron chi connectivity index (χ1n) is 7.28. The predicted octanol–water partition coefficient (Wildman–Crippen LogP) is 4.99. The minimum absolute atomic E-state index is 0.0361. The number of ether oxygens (including phenoxy) is 1. The van der Waals surface area contributed by atoms with Crippen molar-refractivity contribution in [2.24, 2.45) is 5.41 Å². The number of rotatable bonds is 8. The van der Waals surface area contributed by atoms with Crippen molar-refractivity contribution >= 4 is 0 Å². The molecule has 1 N–H and O–H groups in total. The fraction of sp³-hybridized carbons (Fsp3) is 0.625. The third kappa shape index (κ3) is 8.17. The molecule has 0 aliphatic rings. The monoisotopic (exact) mass is 299 g/mol. The fourth-order valence-electron chi connectivity index (χ4n) is 1.70. The van der Waals surface area contributed by atoms with Crippen molar-refractivity contribution in [1.82, 2.24) is 0 Å². The molecule has 0 aliphatic heterocycles. The van der Waals surface area contributed by atoms with Crippen molar-refractivity contribution in [3.63, 3.8) is 0 Å². The SMILES string of the molecule is C=C/C(OCC(C)(C)CCC)=C(O)\C(=C/C)[N+](=O)[O-].CC. The Kier molecular flexibility index (Phi) is 11.2. The van der Waals surface area contributed by atoms with Crippen LogP contribution in [-0.4, -0.2) is 16.6 Å². The van der Waals surface area contributed by atoms with Gasteiger partial charge in [-0.25, -0.2) is 0 Å². The maximum atomic E-state index is 10.7. The van der Waals surface area contributed by atoms with E-state index in [9.17, 15) is 15.2 Å². The lowest BCUT2D eigenvalue weighted by Gasteiger charge is -2.24. The number of allylic oxidation sites excluding steroid dienone is 2. The molecule has 21 heavy (non-hydrogen) atoms. The average Bonchev–Trinajstić information content (AvgIpc) is 2.41. The van der Waals surface area contributed by atoms with E-state index in [2.05, 4.69) is 13.5 Å². The van der Waals surface area contributed by atoms with Crippen LogP contribution in [0, 0.1) is 15.5 Å². The van der Waals surface area contributed by atoms with Gasteiger partial charge in [0.25, 0.3) is 0 Å². The van der Waals surface area contributed by atoms with Gasteiger partial charge in [0.1, 0.15) is 0 Å². The van der Waals surface area contributed by atoms with Crippen LogP contribution in [0.2, 0.25) is 0 Å². The molecule has 0 fully saturated rings. The van der Waals surface area contributed by atoms with Gasteiger partial charge in [-0.15, -0.1) is 0 Å². The maximum Gasteiger partial charge on any atom is 0.310 e. The van der Waals surface area contributed by atoms with E-state index in [1.807, 2.05) is 27.7 Å². The quantitative estimate of drug-likeness (QED) is 0.296. The van der Waals surface area contributed by atoms with Gasteiger partial charge in [0.05, 0.1) is 11.5 Å². The van der Waals surface area contributed by atoms with Crippen LogP contribution in [0.4, 0.5) is 0 Å². The largest absolute Gasteiger partial charge is 0.500 e. The topological polar surface area (TPSA) is 72.6 Å². The summed E-state index contributed by atoms with van der Waals surface area (Å²) in [7, 11) is 0. The van der Waals surface area contributed by atoms with Gasteiger partial charge >= 0.3 is 5.70 Å². The van der Waals surface area contributed by atoms with E-state index >= 15 is 0 Å². The van der Waals surface area contributed by atoms with Crippen LogP contribution in [0.25, 0.3) is 0 Å². The highest BCUT2D eigenvalue weighted by Crippen LogP contribution is 2.25. The molecule has 0 aromatic carbocycles. The fourth-order valence-corrected chi connectivity index (χ4v) is 1.70. The summed E-state index contributed by atoms with van der Waals surface area (Å²) < 4.78 is 5.47.